The summed E-state index contributed by atoms with van der Waals surface area (Å²) < 4.78 is 19.1. The van der Waals surface area contributed by atoms with Gasteiger partial charge < -0.3 is 19.5 Å². The molecule has 1 N–H and O–H groups in total. The summed E-state index contributed by atoms with van der Waals surface area (Å²) in [6, 6.07) is 3.42. The highest BCUT2D eigenvalue weighted by molar-refractivity contribution is 5.95. The standard InChI is InChI=1S/C22H31N3O4/c1-4-27-19-13-17(14-20(28-5-2)21(19)29-6-3)22(26)23-11-12-25-18-10-8-7-9-16(18)15-24-25/h13-15H,4-12H2,1-3H3,(H,23,26). The summed E-state index contributed by atoms with van der Waals surface area (Å²) in [5.41, 5.74) is 3.14. The highest BCUT2D eigenvalue weighted by Gasteiger charge is 2.19. The number of aromatic nitrogens is 2. The minimum absolute atomic E-state index is 0.170. The number of amides is 1. The van der Waals surface area contributed by atoms with Gasteiger partial charge in [-0.15, -0.1) is 0 Å². The third kappa shape index (κ3) is 5.02. The van der Waals surface area contributed by atoms with Crippen LogP contribution < -0.4 is 19.5 Å². The van der Waals surface area contributed by atoms with Gasteiger partial charge in [0.1, 0.15) is 0 Å². The van der Waals surface area contributed by atoms with Crippen molar-refractivity contribution in [3.05, 3.63) is 35.2 Å². The molecule has 0 atom stereocenters. The summed E-state index contributed by atoms with van der Waals surface area (Å²) in [4.78, 5) is 12.8. The van der Waals surface area contributed by atoms with Crippen molar-refractivity contribution in [3.63, 3.8) is 0 Å². The summed E-state index contributed by atoms with van der Waals surface area (Å²) >= 11 is 0. The zero-order chi connectivity index (χ0) is 20.6. The van der Waals surface area contributed by atoms with E-state index in [0.29, 0.717) is 55.7 Å². The van der Waals surface area contributed by atoms with Crippen LogP contribution in [0, 0.1) is 0 Å². The minimum atomic E-state index is -0.170. The quantitative estimate of drug-likeness (QED) is 0.661. The van der Waals surface area contributed by atoms with Gasteiger partial charge in [-0.05, 0) is 64.2 Å². The molecular formula is C22H31N3O4. The fraction of sp³-hybridized carbons (Fsp3) is 0.545. The number of hydrogen-bond acceptors (Lipinski definition) is 5. The number of benzene rings is 1. The third-order valence-electron chi connectivity index (χ3n) is 4.93. The Bertz CT molecular complexity index is 804. The first-order valence-electron chi connectivity index (χ1n) is 10.6. The summed E-state index contributed by atoms with van der Waals surface area (Å²) in [6.45, 7) is 8.30. The van der Waals surface area contributed by atoms with Crippen molar-refractivity contribution in [2.45, 2.75) is 53.0 Å². The second kappa shape index (κ2) is 10.2. The Balaban J connectivity index is 1.70. The number of fused-ring (bicyclic) bond motifs is 1. The highest BCUT2D eigenvalue weighted by Crippen LogP contribution is 2.39. The zero-order valence-corrected chi connectivity index (χ0v) is 17.6. The first-order valence-corrected chi connectivity index (χ1v) is 10.6. The normalized spacial score (nSPS) is 12.9. The van der Waals surface area contributed by atoms with Crippen molar-refractivity contribution >= 4 is 5.91 Å². The number of ether oxygens (including phenoxy) is 3. The summed E-state index contributed by atoms with van der Waals surface area (Å²) in [7, 11) is 0. The molecule has 2 aromatic rings. The summed E-state index contributed by atoms with van der Waals surface area (Å²) in [6.07, 6.45) is 6.58. The van der Waals surface area contributed by atoms with Gasteiger partial charge in [0.25, 0.3) is 5.91 Å². The maximum atomic E-state index is 12.8. The van der Waals surface area contributed by atoms with Crippen LogP contribution in [0.4, 0.5) is 0 Å². The van der Waals surface area contributed by atoms with Gasteiger partial charge in [0.05, 0.1) is 32.6 Å². The molecule has 1 aliphatic carbocycles. The second-order valence-electron chi connectivity index (χ2n) is 6.90. The molecule has 0 saturated heterocycles. The van der Waals surface area contributed by atoms with Crippen LogP contribution in [-0.2, 0) is 19.4 Å². The molecule has 158 valence electrons. The minimum Gasteiger partial charge on any atom is -0.490 e. The topological polar surface area (TPSA) is 74.6 Å². The molecule has 0 aliphatic heterocycles. The molecule has 29 heavy (non-hydrogen) atoms. The van der Waals surface area contributed by atoms with E-state index in [9.17, 15) is 4.79 Å². The van der Waals surface area contributed by atoms with Crippen molar-refractivity contribution < 1.29 is 19.0 Å². The van der Waals surface area contributed by atoms with Crippen molar-refractivity contribution in [1.82, 2.24) is 15.1 Å². The second-order valence-corrected chi connectivity index (χ2v) is 6.90. The zero-order valence-electron chi connectivity index (χ0n) is 17.6. The van der Waals surface area contributed by atoms with E-state index >= 15 is 0 Å². The Morgan fingerprint density at radius 2 is 1.69 bits per heavy atom. The number of carbonyl (C=O) groups is 1. The average Bonchev–Trinajstić information content (AvgIpc) is 3.13. The lowest BCUT2D eigenvalue weighted by atomic mass is 9.98. The van der Waals surface area contributed by atoms with Crippen molar-refractivity contribution in [2.75, 3.05) is 26.4 Å². The van der Waals surface area contributed by atoms with Gasteiger partial charge in [0.15, 0.2) is 11.5 Å². The van der Waals surface area contributed by atoms with E-state index in [1.165, 1.54) is 24.1 Å². The molecule has 3 rings (SSSR count). The fourth-order valence-electron chi connectivity index (χ4n) is 3.65. The fourth-order valence-corrected chi connectivity index (χ4v) is 3.65. The van der Waals surface area contributed by atoms with Crippen LogP contribution in [0.25, 0.3) is 0 Å². The predicted molar refractivity (Wildman–Crippen MR) is 111 cm³/mol. The number of nitrogens with one attached hydrogen (secondary N) is 1. The van der Waals surface area contributed by atoms with Gasteiger partial charge in [-0.25, -0.2) is 0 Å². The van der Waals surface area contributed by atoms with E-state index in [-0.39, 0.29) is 5.91 Å². The molecule has 7 heteroatoms. The molecule has 1 aromatic carbocycles. The largest absolute Gasteiger partial charge is 0.490 e. The van der Waals surface area contributed by atoms with Crippen LogP contribution in [0.5, 0.6) is 17.2 Å². The van der Waals surface area contributed by atoms with E-state index in [1.807, 2.05) is 31.6 Å². The van der Waals surface area contributed by atoms with Crippen LogP contribution in [0.15, 0.2) is 18.3 Å². The maximum Gasteiger partial charge on any atom is 0.251 e. The molecule has 1 aliphatic rings. The molecule has 1 heterocycles. The Labute approximate surface area is 172 Å². The van der Waals surface area contributed by atoms with Crippen LogP contribution in [0.2, 0.25) is 0 Å². The van der Waals surface area contributed by atoms with Gasteiger partial charge >= 0.3 is 0 Å². The third-order valence-corrected chi connectivity index (χ3v) is 4.93. The van der Waals surface area contributed by atoms with Crippen molar-refractivity contribution in [1.29, 1.82) is 0 Å². The summed E-state index contributed by atoms with van der Waals surface area (Å²) in [5, 5.41) is 7.47. The van der Waals surface area contributed by atoms with E-state index in [2.05, 4.69) is 10.4 Å². The number of hydrogen-bond donors (Lipinski definition) is 1. The highest BCUT2D eigenvalue weighted by atomic mass is 16.5. The van der Waals surface area contributed by atoms with E-state index in [0.717, 1.165) is 12.8 Å². The number of aryl methyl sites for hydroxylation is 1. The van der Waals surface area contributed by atoms with E-state index < -0.39 is 0 Å². The number of carbonyl (C=O) groups excluding carboxylic acids is 1. The Kier molecular flexibility index (Phi) is 7.38. The van der Waals surface area contributed by atoms with Gasteiger partial charge in [-0.3, -0.25) is 9.48 Å². The van der Waals surface area contributed by atoms with Gasteiger partial charge in [-0.1, -0.05) is 0 Å². The van der Waals surface area contributed by atoms with Crippen molar-refractivity contribution in [2.24, 2.45) is 0 Å². The Morgan fingerprint density at radius 1 is 1.03 bits per heavy atom. The van der Waals surface area contributed by atoms with Crippen molar-refractivity contribution in [3.8, 4) is 17.2 Å². The lowest BCUT2D eigenvalue weighted by Crippen LogP contribution is -2.28. The Morgan fingerprint density at radius 3 is 2.34 bits per heavy atom. The van der Waals surface area contributed by atoms with Crippen LogP contribution in [-0.4, -0.2) is 42.1 Å². The van der Waals surface area contributed by atoms with Gasteiger partial charge in [0.2, 0.25) is 5.75 Å². The molecule has 0 unspecified atom stereocenters. The molecular weight excluding hydrogens is 370 g/mol. The monoisotopic (exact) mass is 401 g/mol. The average molecular weight is 402 g/mol. The smallest absolute Gasteiger partial charge is 0.251 e. The van der Waals surface area contributed by atoms with Gasteiger partial charge in [-0.2, -0.15) is 5.10 Å². The predicted octanol–water partition coefficient (Wildman–Crippen LogP) is 3.39. The lowest BCUT2D eigenvalue weighted by Gasteiger charge is -2.17. The van der Waals surface area contributed by atoms with Crippen LogP contribution in [0.1, 0.15) is 55.2 Å². The molecule has 0 fully saturated rings. The van der Waals surface area contributed by atoms with Crippen LogP contribution in [0.3, 0.4) is 0 Å². The molecule has 7 nitrogen and oxygen atoms in total. The summed E-state index contributed by atoms with van der Waals surface area (Å²) in [5.74, 6) is 1.41. The molecule has 0 bridgehead atoms. The molecule has 0 saturated carbocycles. The van der Waals surface area contributed by atoms with Gasteiger partial charge in [0, 0.05) is 17.8 Å². The number of nitrogens with zero attached hydrogens (tertiary/aromatic N) is 2. The first kappa shape index (κ1) is 21.0. The first-order chi connectivity index (χ1) is 14.2. The number of rotatable bonds is 10. The van der Waals surface area contributed by atoms with Crippen LogP contribution >= 0.6 is 0 Å². The van der Waals surface area contributed by atoms with E-state index in [1.54, 1.807) is 12.1 Å². The lowest BCUT2D eigenvalue weighted by molar-refractivity contribution is 0.0950. The Hall–Kier alpha value is -2.70. The SMILES string of the molecule is CCOc1cc(C(=O)NCCn2ncc3c2CCCC3)cc(OCC)c1OCC. The van der Waals surface area contributed by atoms with E-state index in [4.69, 9.17) is 14.2 Å². The molecule has 1 amide bonds. The molecule has 1 aromatic heterocycles. The maximum absolute atomic E-state index is 12.8. The molecule has 0 radical (unpaired) electrons. The molecule has 0 spiro atoms.